The Bertz CT molecular complexity index is 922. The molecule has 0 aliphatic carbocycles. The molecule has 0 fully saturated rings. The van der Waals surface area contributed by atoms with Gasteiger partial charge in [-0.2, -0.15) is 0 Å². The zero-order valence-electron chi connectivity index (χ0n) is 16.2. The molecule has 0 unspecified atom stereocenters. The second-order valence-electron chi connectivity index (χ2n) is 6.57. The first kappa shape index (κ1) is 19.4. The van der Waals surface area contributed by atoms with Crippen LogP contribution in [-0.2, 0) is 0 Å². The highest BCUT2D eigenvalue weighted by Crippen LogP contribution is 2.25. The average molecular weight is 371 g/mol. The van der Waals surface area contributed by atoms with Crippen LogP contribution in [-0.4, -0.2) is 12.5 Å². The monoisotopic (exact) mass is 371 g/mol. The minimum atomic E-state index is -0.148. The normalized spacial score (nSPS) is 10.9. The number of carbonyl (C=O) groups excluding carboxylic acids is 1. The first-order valence-electron chi connectivity index (χ1n) is 9.54. The van der Waals surface area contributed by atoms with Gasteiger partial charge in [-0.1, -0.05) is 73.7 Å². The van der Waals surface area contributed by atoms with Crippen LogP contribution in [0.25, 0.3) is 11.1 Å². The molecule has 28 heavy (non-hydrogen) atoms. The number of furan rings is 1. The zero-order chi connectivity index (χ0) is 19.8. The highest BCUT2D eigenvalue weighted by atomic mass is 16.3. The molecule has 3 heteroatoms. The number of hydrogen-bond acceptors (Lipinski definition) is 2. The summed E-state index contributed by atoms with van der Waals surface area (Å²) in [6.07, 6.45) is 7.29. The van der Waals surface area contributed by atoms with Gasteiger partial charge < -0.3 is 9.32 Å². The lowest BCUT2D eigenvalue weighted by molar-refractivity contribution is 0.0960. The van der Waals surface area contributed by atoms with Crippen molar-refractivity contribution in [3.8, 4) is 11.1 Å². The van der Waals surface area contributed by atoms with Crippen LogP contribution in [0.3, 0.4) is 0 Å². The Labute approximate surface area is 166 Å². The molecule has 0 aliphatic heterocycles. The van der Waals surface area contributed by atoms with Gasteiger partial charge >= 0.3 is 0 Å². The van der Waals surface area contributed by atoms with Gasteiger partial charge in [-0.3, -0.25) is 4.79 Å². The summed E-state index contributed by atoms with van der Waals surface area (Å²) in [4.78, 5) is 14.7. The molecular formula is C25H25NO2. The highest BCUT2D eigenvalue weighted by molar-refractivity contribution is 6.04. The van der Waals surface area contributed by atoms with Gasteiger partial charge in [0.1, 0.15) is 0 Å². The Balaban J connectivity index is 1.82. The van der Waals surface area contributed by atoms with Crippen molar-refractivity contribution in [2.45, 2.75) is 19.8 Å². The maximum atomic E-state index is 13.0. The van der Waals surface area contributed by atoms with Crippen LogP contribution in [0.5, 0.6) is 0 Å². The third-order valence-electron chi connectivity index (χ3n) is 4.51. The SMILES string of the molecule is C=C(/C=C\CC)CCN(C(=O)c1ccco1)c1ccc(-c2ccccc2)cc1. The third kappa shape index (κ3) is 4.89. The molecule has 1 aromatic heterocycles. The Hall–Kier alpha value is -3.33. The fourth-order valence-electron chi connectivity index (χ4n) is 2.97. The summed E-state index contributed by atoms with van der Waals surface area (Å²) in [7, 11) is 0. The minimum Gasteiger partial charge on any atom is -0.459 e. The van der Waals surface area contributed by atoms with E-state index in [1.165, 1.54) is 6.26 Å². The fourth-order valence-corrected chi connectivity index (χ4v) is 2.97. The number of allylic oxidation sites excluding steroid dienone is 2. The third-order valence-corrected chi connectivity index (χ3v) is 4.51. The fraction of sp³-hybridized carbons (Fsp3) is 0.160. The van der Waals surface area contributed by atoms with Crippen LogP contribution < -0.4 is 4.90 Å². The number of carbonyl (C=O) groups is 1. The summed E-state index contributed by atoms with van der Waals surface area (Å²) in [5.74, 6) is 0.187. The quantitative estimate of drug-likeness (QED) is 0.423. The lowest BCUT2D eigenvalue weighted by Crippen LogP contribution is -2.31. The van der Waals surface area contributed by atoms with Gasteiger partial charge in [0.15, 0.2) is 5.76 Å². The number of nitrogens with zero attached hydrogens (tertiary/aromatic N) is 1. The van der Waals surface area contributed by atoms with Crippen molar-refractivity contribution >= 4 is 11.6 Å². The summed E-state index contributed by atoms with van der Waals surface area (Å²) < 4.78 is 5.33. The number of anilines is 1. The summed E-state index contributed by atoms with van der Waals surface area (Å²) in [6, 6.07) is 21.7. The molecule has 3 rings (SSSR count). The molecule has 0 radical (unpaired) electrons. The first-order chi connectivity index (χ1) is 13.7. The number of rotatable bonds is 8. The lowest BCUT2D eigenvalue weighted by atomic mass is 10.1. The van der Waals surface area contributed by atoms with Crippen molar-refractivity contribution in [3.63, 3.8) is 0 Å². The van der Waals surface area contributed by atoms with Gasteiger partial charge in [0.05, 0.1) is 6.26 Å². The van der Waals surface area contributed by atoms with Gasteiger partial charge in [-0.25, -0.2) is 0 Å². The van der Waals surface area contributed by atoms with Crippen LogP contribution in [0.2, 0.25) is 0 Å². The van der Waals surface area contributed by atoms with E-state index in [0.29, 0.717) is 18.7 Å². The van der Waals surface area contributed by atoms with Crippen LogP contribution in [0.1, 0.15) is 30.3 Å². The van der Waals surface area contributed by atoms with E-state index in [1.807, 2.05) is 48.5 Å². The van der Waals surface area contributed by atoms with Crippen molar-refractivity contribution in [2.24, 2.45) is 0 Å². The lowest BCUT2D eigenvalue weighted by Gasteiger charge is -2.22. The predicted molar refractivity (Wildman–Crippen MR) is 115 cm³/mol. The smallest absolute Gasteiger partial charge is 0.293 e. The zero-order valence-corrected chi connectivity index (χ0v) is 16.2. The van der Waals surface area contributed by atoms with Crippen LogP contribution in [0, 0.1) is 0 Å². The predicted octanol–water partition coefficient (Wildman–Crippen LogP) is 6.51. The van der Waals surface area contributed by atoms with Gasteiger partial charge in [0, 0.05) is 12.2 Å². The van der Waals surface area contributed by atoms with E-state index in [9.17, 15) is 4.79 Å². The molecule has 1 amide bonds. The molecule has 142 valence electrons. The molecule has 3 aromatic rings. The van der Waals surface area contributed by atoms with E-state index in [4.69, 9.17) is 4.42 Å². The Morgan fingerprint density at radius 1 is 1.00 bits per heavy atom. The summed E-state index contributed by atoms with van der Waals surface area (Å²) >= 11 is 0. The van der Waals surface area contributed by atoms with E-state index < -0.39 is 0 Å². The summed E-state index contributed by atoms with van der Waals surface area (Å²) in [5.41, 5.74) is 4.11. The average Bonchev–Trinajstić information content (AvgIpc) is 3.28. The van der Waals surface area contributed by atoms with Crippen LogP contribution >= 0.6 is 0 Å². The van der Waals surface area contributed by atoms with Crippen molar-refractivity contribution in [1.29, 1.82) is 0 Å². The van der Waals surface area contributed by atoms with E-state index in [1.54, 1.807) is 17.0 Å². The van der Waals surface area contributed by atoms with Crippen molar-refractivity contribution in [3.05, 3.63) is 103 Å². The number of benzene rings is 2. The van der Waals surface area contributed by atoms with Crippen molar-refractivity contribution in [1.82, 2.24) is 0 Å². The molecule has 0 saturated heterocycles. The van der Waals surface area contributed by atoms with Crippen LogP contribution in [0.15, 0.2) is 102 Å². The molecule has 0 N–H and O–H groups in total. The van der Waals surface area contributed by atoms with Crippen molar-refractivity contribution < 1.29 is 9.21 Å². The molecule has 2 aromatic carbocycles. The van der Waals surface area contributed by atoms with Gasteiger partial charge in [-0.15, -0.1) is 0 Å². The minimum absolute atomic E-state index is 0.148. The van der Waals surface area contributed by atoms with E-state index in [-0.39, 0.29) is 5.91 Å². The van der Waals surface area contributed by atoms with Gasteiger partial charge in [-0.05, 0) is 48.2 Å². The van der Waals surface area contributed by atoms with E-state index in [2.05, 4.69) is 31.7 Å². The second-order valence-corrected chi connectivity index (χ2v) is 6.57. The highest BCUT2D eigenvalue weighted by Gasteiger charge is 2.20. The largest absolute Gasteiger partial charge is 0.459 e. The van der Waals surface area contributed by atoms with Gasteiger partial charge in [0.2, 0.25) is 0 Å². The van der Waals surface area contributed by atoms with Crippen molar-refractivity contribution in [2.75, 3.05) is 11.4 Å². The molecule has 0 aliphatic rings. The molecule has 1 heterocycles. The summed E-state index contributed by atoms with van der Waals surface area (Å²) in [6.45, 7) is 6.71. The topological polar surface area (TPSA) is 33.5 Å². The standard InChI is InChI=1S/C25H25NO2/c1-3-4-9-20(2)17-18-26(25(27)24-12-8-19-28-24)23-15-13-22(14-16-23)21-10-6-5-7-11-21/h4-16,19H,2-3,17-18H2,1H3/b9-4-. The second kappa shape index (κ2) is 9.56. The maximum absolute atomic E-state index is 13.0. The Morgan fingerprint density at radius 3 is 2.36 bits per heavy atom. The molecule has 0 spiro atoms. The first-order valence-corrected chi connectivity index (χ1v) is 9.54. The molecule has 0 saturated carbocycles. The van der Waals surface area contributed by atoms with Gasteiger partial charge in [0.25, 0.3) is 5.91 Å². The number of amides is 1. The maximum Gasteiger partial charge on any atom is 0.293 e. The van der Waals surface area contributed by atoms with E-state index >= 15 is 0 Å². The Morgan fingerprint density at radius 2 is 1.71 bits per heavy atom. The Kier molecular flexibility index (Phi) is 6.64. The molecule has 0 bridgehead atoms. The molecule has 0 atom stereocenters. The van der Waals surface area contributed by atoms with Crippen LogP contribution in [0.4, 0.5) is 5.69 Å². The number of hydrogen-bond donors (Lipinski definition) is 0. The molecule has 3 nitrogen and oxygen atoms in total. The molecular weight excluding hydrogens is 346 g/mol. The summed E-state index contributed by atoms with van der Waals surface area (Å²) in [5, 5.41) is 0. The van der Waals surface area contributed by atoms with E-state index in [0.717, 1.165) is 28.8 Å².